The standard InChI is InChI=1S/C22H32F4O2/c1-2-3-4-5-6-7-8-9-10-11-12-13-17-28-21(27)18-15-14-16-19(20(18)23)22(24,25)26/h14-16H,2-13,17H2,1H3. The summed E-state index contributed by atoms with van der Waals surface area (Å²) in [6.07, 6.45) is 9.12. The van der Waals surface area contributed by atoms with Gasteiger partial charge in [-0.05, 0) is 18.6 Å². The van der Waals surface area contributed by atoms with E-state index in [2.05, 4.69) is 6.92 Å². The van der Waals surface area contributed by atoms with Crippen molar-refractivity contribution < 1.29 is 27.1 Å². The average molecular weight is 404 g/mol. The Morgan fingerprint density at radius 3 is 1.86 bits per heavy atom. The van der Waals surface area contributed by atoms with Crippen molar-refractivity contribution in [2.75, 3.05) is 6.61 Å². The molecule has 6 heteroatoms. The molecule has 0 spiro atoms. The molecule has 2 nitrogen and oxygen atoms in total. The molecule has 0 aliphatic carbocycles. The number of esters is 1. The number of ether oxygens (including phenoxy) is 1. The molecule has 160 valence electrons. The summed E-state index contributed by atoms with van der Waals surface area (Å²) in [7, 11) is 0. The summed E-state index contributed by atoms with van der Waals surface area (Å²) in [6.45, 7) is 2.30. The predicted octanol–water partition coefficient (Wildman–Crippen LogP) is 7.70. The first-order valence-corrected chi connectivity index (χ1v) is 10.4. The Bertz CT molecular complexity index is 570. The van der Waals surface area contributed by atoms with Gasteiger partial charge in [-0.2, -0.15) is 13.2 Å². The second kappa shape index (κ2) is 13.6. The summed E-state index contributed by atoms with van der Waals surface area (Å²) in [5, 5.41) is 0. The first-order valence-electron chi connectivity index (χ1n) is 10.4. The molecule has 0 fully saturated rings. The summed E-state index contributed by atoms with van der Waals surface area (Å²) in [4.78, 5) is 11.8. The van der Waals surface area contributed by atoms with Gasteiger partial charge in [-0.15, -0.1) is 0 Å². The SMILES string of the molecule is CCCCCCCCCCCCCCOC(=O)c1cccc(C(F)(F)F)c1F. The van der Waals surface area contributed by atoms with E-state index in [1.54, 1.807) is 0 Å². The van der Waals surface area contributed by atoms with Crippen molar-refractivity contribution in [3.63, 3.8) is 0 Å². The van der Waals surface area contributed by atoms with Crippen molar-refractivity contribution in [2.24, 2.45) is 0 Å². The van der Waals surface area contributed by atoms with E-state index >= 15 is 0 Å². The van der Waals surface area contributed by atoms with E-state index in [9.17, 15) is 22.4 Å². The Balaban J connectivity index is 2.12. The Morgan fingerprint density at radius 1 is 0.857 bits per heavy atom. The maximum atomic E-state index is 13.9. The summed E-state index contributed by atoms with van der Waals surface area (Å²) >= 11 is 0. The van der Waals surface area contributed by atoms with E-state index in [1.165, 1.54) is 51.4 Å². The molecule has 0 saturated carbocycles. The van der Waals surface area contributed by atoms with Crippen LogP contribution in [-0.2, 0) is 10.9 Å². The molecule has 0 radical (unpaired) electrons. The van der Waals surface area contributed by atoms with Gasteiger partial charge in [0.05, 0.1) is 17.7 Å². The number of benzene rings is 1. The van der Waals surface area contributed by atoms with Crippen LogP contribution in [0.2, 0.25) is 0 Å². The van der Waals surface area contributed by atoms with Crippen molar-refractivity contribution in [3.05, 3.63) is 35.1 Å². The van der Waals surface area contributed by atoms with Gasteiger partial charge in [-0.1, -0.05) is 83.6 Å². The number of hydrogen-bond donors (Lipinski definition) is 0. The summed E-state index contributed by atoms with van der Waals surface area (Å²) in [6, 6.07) is 2.62. The average Bonchev–Trinajstić information content (AvgIpc) is 2.64. The number of carbonyl (C=O) groups is 1. The second-order valence-electron chi connectivity index (χ2n) is 7.19. The molecule has 0 N–H and O–H groups in total. The third kappa shape index (κ3) is 9.56. The fourth-order valence-corrected chi connectivity index (χ4v) is 3.09. The molecule has 28 heavy (non-hydrogen) atoms. The van der Waals surface area contributed by atoms with E-state index in [0.717, 1.165) is 31.4 Å². The number of rotatable bonds is 14. The molecule has 1 aromatic rings. The quantitative estimate of drug-likeness (QED) is 0.180. The third-order valence-corrected chi connectivity index (χ3v) is 4.76. The van der Waals surface area contributed by atoms with E-state index in [-0.39, 0.29) is 6.61 Å². The van der Waals surface area contributed by atoms with Gasteiger partial charge >= 0.3 is 12.1 Å². The van der Waals surface area contributed by atoms with Crippen LogP contribution in [0.15, 0.2) is 18.2 Å². The molecule has 0 bridgehead atoms. The van der Waals surface area contributed by atoms with Crippen LogP contribution in [0.3, 0.4) is 0 Å². The van der Waals surface area contributed by atoms with E-state index in [0.29, 0.717) is 12.5 Å². The van der Waals surface area contributed by atoms with Crippen LogP contribution >= 0.6 is 0 Å². The Hall–Kier alpha value is -1.59. The predicted molar refractivity (Wildman–Crippen MR) is 103 cm³/mol. The van der Waals surface area contributed by atoms with E-state index in [4.69, 9.17) is 4.74 Å². The minimum absolute atomic E-state index is 0.0892. The molecule has 0 unspecified atom stereocenters. The summed E-state index contributed by atoms with van der Waals surface area (Å²) < 4.78 is 56.8. The minimum Gasteiger partial charge on any atom is -0.462 e. The number of unbranched alkanes of at least 4 members (excludes halogenated alkanes) is 11. The van der Waals surface area contributed by atoms with Crippen molar-refractivity contribution in [1.82, 2.24) is 0 Å². The van der Waals surface area contributed by atoms with Gasteiger partial charge in [0.1, 0.15) is 5.82 Å². The molecule has 0 saturated heterocycles. The van der Waals surface area contributed by atoms with Crippen LogP contribution in [0.25, 0.3) is 0 Å². The molecule has 1 aromatic carbocycles. The van der Waals surface area contributed by atoms with Gasteiger partial charge in [0, 0.05) is 0 Å². The topological polar surface area (TPSA) is 26.3 Å². The third-order valence-electron chi connectivity index (χ3n) is 4.76. The van der Waals surface area contributed by atoms with Crippen molar-refractivity contribution in [1.29, 1.82) is 0 Å². The molecular formula is C22H32F4O2. The Morgan fingerprint density at radius 2 is 1.36 bits per heavy atom. The lowest BCUT2D eigenvalue weighted by Crippen LogP contribution is -2.14. The highest BCUT2D eigenvalue weighted by Gasteiger charge is 2.35. The first-order chi connectivity index (χ1) is 13.4. The monoisotopic (exact) mass is 404 g/mol. The van der Waals surface area contributed by atoms with Gasteiger partial charge in [0.2, 0.25) is 0 Å². The van der Waals surface area contributed by atoms with E-state index in [1.807, 2.05) is 0 Å². The molecule has 0 atom stereocenters. The Kier molecular flexibility index (Phi) is 11.8. The normalized spacial score (nSPS) is 11.6. The van der Waals surface area contributed by atoms with Crippen molar-refractivity contribution in [2.45, 2.75) is 90.1 Å². The highest BCUT2D eigenvalue weighted by molar-refractivity contribution is 5.90. The van der Waals surface area contributed by atoms with Gasteiger partial charge in [0.25, 0.3) is 0 Å². The largest absolute Gasteiger partial charge is 0.462 e. The van der Waals surface area contributed by atoms with Crippen molar-refractivity contribution in [3.8, 4) is 0 Å². The lowest BCUT2D eigenvalue weighted by atomic mass is 10.1. The smallest absolute Gasteiger partial charge is 0.419 e. The van der Waals surface area contributed by atoms with Gasteiger partial charge in [-0.3, -0.25) is 0 Å². The maximum absolute atomic E-state index is 13.9. The minimum atomic E-state index is -4.84. The van der Waals surface area contributed by atoms with Crippen LogP contribution in [0.5, 0.6) is 0 Å². The highest BCUT2D eigenvalue weighted by Crippen LogP contribution is 2.32. The number of carbonyl (C=O) groups excluding carboxylic acids is 1. The fraction of sp³-hybridized carbons (Fsp3) is 0.682. The number of hydrogen-bond acceptors (Lipinski definition) is 2. The second-order valence-corrected chi connectivity index (χ2v) is 7.19. The van der Waals surface area contributed by atoms with Crippen molar-refractivity contribution >= 4 is 5.97 Å². The maximum Gasteiger partial charge on any atom is 0.419 e. The molecule has 0 amide bonds. The van der Waals surface area contributed by atoms with Crippen LogP contribution in [-0.4, -0.2) is 12.6 Å². The van der Waals surface area contributed by atoms with Gasteiger partial charge < -0.3 is 4.74 Å². The summed E-state index contributed by atoms with van der Waals surface area (Å²) in [5.74, 6) is -2.62. The molecular weight excluding hydrogens is 372 g/mol. The zero-order chi connectivity index (χ0) is 20.8. The number of halogens is 4. The zero-order valence-electron chi connectivity index (χ0n) is 16.8. The molecule has 0 aliphatic rings. The molecule has 0 heterocycles. The summed E-state index contributed by atoms with van der Waals surface area (Å²) in [5.41, 5.74) is -2.12. The van der Waals surface area contributed by atoms with Crippen LogP contribution in [0.1, 0.15) is 99.9 Å². The fourth-order valence-electron chi connectivity index (χ4n) is 3.09. The molecule has 1 rings (SSSR count). The Labute approximate surface area is 165 Å². The first kappa shape index (κ1) is 24.4. The van der Waals surface area contributed by atoms with E-state index < -0.39 is 29.1 Å². The van der Waals surface area contributed by atoms with Crippen LogP contribution < -0.4 is 0 Å². The number of alkyl halides is 3. The molecule has 0 aliphatic heterocycles. The molecule has 0 aromatic heterocycles. The lowest BCUT2D eigenvalue weighted by Gasteiger charge is -2.11. The lowest BCUT2D eigenvalue weighted by molar-refractivity contribution is -0.140. The van der Waals surface area contributed by atoms with Gasteiger partial charge in [0.15, 0.2) is 0 Å². The van der Waals surface area contributed by atoms with Crippen LogP contribution in [0, 0.1) is 5.82 Å². The zero-order valence-corrected chi connectivity index (χ0v) is 16.8. The van der Waals surface area contributed by atoms with Crippen LogP contribution in [0.4, 0.5) is 17.6 Å². The highest BCUT2D eigenvalue weighted by atomic mass is 19.4. The van der Waals surface area contributed by atoms with Gasteiger partial charge in [-0.25, -0.2) is 9.18 Å².